The zero-order valence-electron chi connectivity index (χ0n) is 13.2. The Morgan fingerprint density at radius 3 is 2.50 bits per heavy atom. The molecule has 0 amide bonds. The van der Waals surface area contributed by atoms with E-state index in [4.69, 9.17) is 4.74 Å². The number of hydrogen-bond donors (Lipinski definition) is 1. The van der Waals surface area contributed by atoms with Crippen LogP contribution < -0.4 is 5.32 Å². The molecule has 1 saturated carbocycles. The molecule has 1 spiro atoms. The predicted molar refractivity (Wildman–Crippen MR) is 83.0 cm³/mol. The van der Waals surface area contributed by atoms with Gasteiger partial charge in [-0.2, -0.15) is 0 Å². The summed E-state index contributed by atoms with van der Waals surface area (Å²) in [7, 11) is 0. The highest BCUT2D eigenvalue weighted by molar-refractivity contribution is 4.93. The average Bonchev–Trinajstić information content (AvgIpc) is 3.10. The van der Waals surface area contributed by atoms with Crippen LogP contribution in [0.4, 0.5) is 0 Å². The van der Waals surface area contributed by atoms with Crippen molar-refractivity contribution in [3.8, 4) is 0 Å². The van der Waals surface area contributed by atoms with Crippen molar-refractivity contribution in [3.63, 3.8) is 0 Å². The Balaban J connectivity index is 1.31. The van der Waals surface area contributed by atoms with Crippen LogP contribution in [0.5, 0.6) is 0 Å². The molecule has 2 saturated heterocycles. The van der Waals surface area contributed by atoms with Gasteiger partial charge in [0.2, 0.25) is 0 Å². The SMILES string of the molecule is CCN1CCC(CNCC2CCC3(CCCC3)O2)CC1. The third kappa shape index (κ3) is 3.55. The molecule has 3 fully saturated rings. The van der Waals surface area contributed by atoms with Crippen molar-refractivity contribution in [3.05, 3.63) is 0 Å². The second kappa shape index (κ2) is 6.76. The van der Waals surface area contributed by atoms with E-state index >= 15 is 0 Å². The zero-order chi connectivity index (χ0) is 13.8. The van der Waals surface area contributed by atoms with Crippen molar-refractivity contribution in [2.24, 2.45) is 5.92 Å². The summed E-state index contributed by atoms with van der Waals surface area (Å²) >= 11 is 0. The Kier molecular flexibility index (Phi) is 5.00. The van der Waals surface area contributed by atoms with Gasteiger partial charge in [0.25, 0.3) is 0 Å². The van der Waals surface area contributed by atoms with Gasteiger partial charge in [-0.25, -0.2) is 0 Å². The van der Waals surface area contributed by atoms with Crippen LogP contribution >= 0.6 is 0 Å². The summed E-state index contributed by atoms with van der Waals surface area (Å²) in [5, 5.41) is 3.69. The monoisotopic (exact) mass is 280 g/mol. The first-order valence-electron chi connectivity index (χ1n) is 8.90. The molecule has 3 aliphatic rings. The zero-order valence-corrected chi connectivity index (χ0v) is 13.2. The van der Waals surface area contributed by atoms with Crippen LogP contribution in [0.25, 0.3) is 0 Å². The molecule has 3 heteroatoms. The molecular formula is C17H32N2O. The van der Waals surface area contributed by atoms with Crippen LogP contribution in [0.2, 0.25) is 0 Å². The normalized spacial score (nSPS) is 31.4. The molecule has 1 aliphatic carbocycles. The lowest BCUT2D eigenvalue weighted by Crippen LogP contribution is -2.39. The molecule has 116 valence electrons. The van der Waals surface area contributed by atoms with E-state index in [-0.39, 0.29) is 0 Å². The molecule has 1 unspecified atom stereocenters. The summed E-state index contributed by atoms with van der Waals surface area (Å²) in [6.07, 6.45) is 11.2. The highest BCUT2D eigenvalue weighted by Gasteiger charge is 2.41. The summed E-state index contributed by atoms with van der Waals surface area (Å²) in [5.74, 6) is 0.889. The summed E-state index contributed by atoms with van der Waals surface area (Å²) < 4.78 is 6.36. The summed E-state index contributed by atoms with van der Waals surface area (Å²) in [6, 6.07) is 0. The van der Waals surface area contributed by atoms with E-state index in [1.807, 2.05) is 0 Å². The summed E-state index contributed by atoms with van der Waals surface area (Å²) in [5.41, 5.74) is 0.304. The quantitative estimate of drug-likeness (QED) is 0.838. The topological polar surface area (TPSA) is 24.5 Å². The minimum Gasteiger partial charge on any atom is -0.370 e. The second-order valence-corrected chi connectivity index (χ2v) is 7.20. The highest BCUT2D eigenvalue weighted by Crippen LogP contribution is 2.43. The van der Waals surface area contributed by atoms with Crippen molar-refractivity contribution in [1.82, 2.24) is 10.2 Å². The second-order valence-electron chi connectivity index (χ2n) is 7.20. The third-order valence-electron chi connectivity index (χ3n) is 5.81. The van der Waals surface area contributed by atoms with Gasteiger partial charge >= 0.3 is 0 Å². The van der Waals surface area contributed by atoms with Gasteiger partial charge in [0, 0.05) is 6.54 Å². The first-order chi connectivity index (χ1) is 9.80. The van der Waals surface area contributed by atoms with Crippen LogP contribution in [0, 0.1) is 5.92 Å². The number of piperidine rings is 1. The molecule has 0 aromatic carbocycles. The van der Waals surface area contributed by atoms with Gasteiger partial charge in [-0.1, -0.05) is 19.8 Å². The van der Waals surface area contributed by atoms with E-state index < -0.39 is 0 Å². The predicted octanol–water partition coefficient (Wildman–Crippen LogP) is 2.80. The fourth-order valence-electron chi connectivity index (χ4n) is 4.38. The van der Waals surface area contributed by atoms with Crippen molar-refractivity contribution < 1.29 is 4.74 Å². The maximum Gasteiger partial charge on any atom is 0.0708 e. The Labute approximate surface area is 124 Å². The number of nitrogens with zero attached hydrogens (tertiary/aromatic N) is 1. The number of likely N-dealkylation sites (tertiary alicyclic amines) is 1. The Hall–Kier alpha value is -0.120. The van der Waals surface area contributed by atoms with Gasteiger partial charge in [-0.05, 0) is 70.6 Å². The lowest BCUT2D eigenvalue weighted by atomic mass is 9.96. The van der Waals surface area contributed by atoms with Crippen molar-refractivity contribution >= 4 is 0 Å². The fourth-order valence-corrected chi connectivity index (χ4v) is 4.38. The molecule has 20 heavy (non-hydrogen) atoms. The van der Waals surface area contributed by atoms with Gasteiger partial charge in [-0.15, -0.1) is 0 Å². The van der Waals surface area contributed by atoms with Gasteiger partial charge in [-0.3, -0.25) is 0 Å². The largest absolute Gasteiger partial charge is 0.370 e. The van der Waals surface area contributed by atoms with Gasteiger partial charge in [0.05, 0.1) is 11.7 Å². The molecular weight excluding hydrogens is 248 g/mol. The van der Waals surface area contributed by atoms with Crippen molar-refractivity contribution in [2.75, 3.05) is 32.7 Å². The van der Waals surface area contributed by atoms with Crippen molar-refractivity contribution in [2.45, 2.75) is 70.0 Å². The molecule has 1 atom stereocenters. The van der Waals surface area contributed by atoms with E-state index in [0.29, 0.717) is 11.7 Å². The number of rotatable bonds is 5. The van der Waals surface area contributed by atoms with Gasteiger partial charge < -0.3 is 15.0 Å². The first-order valence-corrected chi connectivity index (χ1v) is 8.90. The molecule has 0 radical (unpaired) electrons. The smallest absolute Gasteiger partial charge is 0.0708 e. The van der Waals surface area contributed by atoms with E-state index in [1.54, 1.807) is 0 Å². The molecule has 1 N–H and O–H groups in total. The third-order valence-corrected chi connectivity index (χ3v) is 5.81. The van der Waals surface area contributed by atoms with E-state index in [0.717, 1.165) is 12.5 Å². The number of ether oxygens (including phenoxy) is 1. The van der Waals surface area contributed by atoms with Crippen LogP contribution in [0.15, 0.2) is 0 Å². The van der Waals surface area contributed by atoms with E-state index in [1.165, 1.54) is 77.5 Å². The minimum atomic E-state index is 0.304. The maximum atomic E-state index is 6.36. The minimum absolute atomic E-state index is 0.304. The van der Waals surface area contributed by atoms with E-state index in [2.05, 4.69) is 17.1 Å². The molecule has 2 heterocycles. The van der Waals surface area contributed by atoms with Crippen LogP contribution in [-0.2, 0) is 4.74 Å². The number of hydrogen-bond acceptors (Lipinski definition) is 3. The van der Waals surface area contributed by atoms with E-state index in [9.17, 15) is 0 Å². The van der Waals surface area contributed by atoms with Gasteiger partial charge in [0.1, 0.15) is 0 Å². The standard InChI is InChI=1S/C17H32N2O/c1-2-19-11-6-15(7-12-19)13-18-14-16-5-10-17(20-16)8-3-4-9-17/h15-16,18H,2-14H2,1H3. The molecule has 0 aromatic heterocycles. The lowest BCUT2D eigenvalue weighted by Gasteiger charge is -2.31. The molecule has 3 nitrogen and oxygen atoms in total. The van der Waals surface area contributed by atoms with Crippen molar-refractivity contribution in [1.29, 1.82) is 0 Å². The molecule has 3 rings (SSSR count). The summed E-state index contributed by atoms with van der Waals surface area (Å²) in [6.45, 7) is 8.37. The Bertz CT molecular complexity index is 293. The highest BCUT2D eigenvalue weighted by atomic mass is 16.5. The fraction of sp³-hybridized carbons (Fsp3) is 1.00. The molecule has 0 aromatic rings. The van der Waals surface area contributed by atoms with Crippen LogP contribution in [0.1, 0.15) is 58.3 Å². The Morgan fingerprint density at radius 1 is 1.05 bits per heavy atom. The lowest BCUT2D eigenvalue weighted by molar-refractivity contribution is -0.0354. The molecule has 2 aliphatic heterocycles. The average molecular weight is 280 g/mol. The van der Waals surface area contributed by atoms with Crippen LogP contribution in [0.3, 0.4) is 0 Å². The maximum absolute atomic E-state index is 6.36. The van der Waals surface area contributed by atoms with Crippen LogP contribution in [-0.4, -0.2) is 49.3 Å². The first kappa shape index (κ1) is 14.8. The number of nitrogens with one attached hydrogen (secondary N) is 1. The Morgan fingerprint density at radius 2 is 1.80 bits per heavy atom. The molecule has 0 bridgehead atoms. The summed E-state index contributed by atoms with van der Waals surface area (Å²) in [4.78, 5) is 2.57. The van der Waals surface area contributed by atoms with Gasteiger partial charge in [0.15, 0.2) is 0 Å².